The molecule has 0 N–H and O–H groups in total. The van der Waals surface area contributed by atoms with Gasteiger partial charge in [0.2, 0.25) is 0 Å². The lowest BCUT2D eigenvalue weighted by atomic mass is 10.0. The minimum atomic E-state index is -3.76. The van der Waals surface area contributed by atoms with Crippen molar-refractivity contribution >= 4 is 7.68 Å². The summed E-state index contributed by atoms with van der Waals surface area (Å²) in [5.74, 6) is 0. The highest BCUT2D eigenvalue weighted by atomic mass is 31.2. The summed E-state index contributed by atoms with van der Waals surface area (Å²) < 4.78 is 28.5. The average molecular weight is 379 g/mol. The molecule has 0 aromatic carbocycles. The van der Waals surface area contributed by atoms with Crippen LogP contribution in [0.3, 0.4) is 0 Å². The number of halogens is 1. The van der Waals surface area contributed by atoms with Gasteiger partial charge in [-0.1, -0.05) is 116 Å². The van der Waals surface area contributed by atoms with Crippen LogP contribution in [0.5, 0.6) is 0 Å². The van der Waals surface area contributed by atoms with Crippen LogP contribution in [0.4, 0.5) is 4.20 Å². The normalized spacial score (nSPS) is 13.9. The molecule has 0 heterocycles. The molecule has 0 amide bonds. The second kappa shape index (κ2) is 18.9. The molecule has 2 nitrogen and oxygen atoms in total. The van der Waals surface area contributed by atoms with E-state index in [-0.39, 0.29) is 6.16 Å². The molecule has 0 spiro atoms. The molecule has 0 rings (SSSR count). The lowest BCUT2D eigenvalue weighted by molar-refractivity contribution is 0.354. The first kappa shape index (κ1) is 25.1. The summed E-state index contributed by atoms with van der Waals surface area (Å²) in [6.07, 6.45) is 23.6. The monoisotopic (exact) mass is 378 g/mol. The number of unbranched alkanes of at least 4 members (excludes halogenated alkanes) is 17. The van der Waals surface area contributed by atoms with Gasteiger partial charge < -0.3 is 4.52 Å². The van der Waals surface area contributed by atoms with Gasteiger partial charge in [0.15, 0.2) is 0 Å². The maximum Gasteiger partial charge on any atom is 0.367 e. The Morgan fingerprint density at radius 2 is 0.880 bits per heavy atom. The quantitative estimate of drug-likeness (QED) is 0.156. The second-order valence-corrected chi connectivity index (χ2v) is 9.50. The zero-order valence-electron chi connectivity index (χ0n) is 17.1. The molecule has 4 heteroatoms. The first-order valence-electron chi connectivity index (χ1n) is 11.0. The maximum atomic E-state index is 13.1. The molecule has 1 atom stereocenters. The fraction of sp³-hybridized carbons (Fsp3) is 1.00. The van der Waals surface area contributed by atoms with Crippen molar-refractivity contribution in [2.75, 3.05) is 13.3 Å². The Kier molecular flexibility index (Phi) is 19.0. The summed E-state index contributed by atoms with van der Waals surface area (Å²) in [5.41, 5.74) is 0. The standard InChI is InChI=1S/C21H44FO2P/c1-3-4-5-6-7-8-9-10-11-12-13-14-15-16-17-18-19-20-21-25(22,23)24-2/h3-21H2,1-2H3/t25-/m1/s1. The Hall–Kier alpha value is 0.120. The molecule has 0 aliphatic heterocycles. The van der Waals surface area contributed by atoms with E-state index in [9.17, 15) is 8.76 Å². The van der Waals surface area contributed by atoms with E-state index >= 15 is 0 Å². The zero-order valence-corrected chi connectivity index (χ0v) is 18.0. The van der Waals surface area contributed by atoms with Crippen LogP contribution in [0.1, 0.15) is 122 Å². The van der Waals surface area contributed by atoms with E-state index in [4.69, 9.17) is 0 Å². The van der Waals surface area contributed by atoms with Crippen molar-refractivity contribution < 1.29 is 13.3 Å². The Labute approximate surface area is 157 Å². The highest BCUT2D eigenvalue weighted by Gasteiger charge is 2.18. The zero-order chi connectivity index (χ0) is 18.6. The average Bonchev–Trinajstić information content (AvgIpc) is 2.60. The molecule has 0 unspecified atom stereocenters. The van der Waals surface area contributed by atoms with Gasteiger partial charge in [0.1, 0.15) is 0 Å². The SMILES string of the molecule is CCCCCCCCCCCCCCCCCCCC[P@](=O)(F)OC. The largest absolute Gasteiger partial charge is 0.367 e. The van der Waals surface area contributed by atoms with Crippen molar-refractivity contribution in [3.05, 3.63) is 0 Å². The van der Waals surface area contributed by atoms with E-state index in [0.29, 0.717) is 6.42 Å². The van der Waals surface area contributed by atoms with Crippen LogP contribution < -0.4 is 0 Å². The highest BCUT2D eigenvalue weighted by molar-refractivity contribution is 7.53. The Bertz CT molecular complexity index is 310. The number of hydrogen-bond acceptors (Lipinski definition) is 2. The van der Waals surface area contributed by atoms with E-state index in [0.717, 1.165) is 12.8 Å². The Balaban J connectivity index is 3.06. The van der Waals surface area contributed by atoms with Crippen molar-refractivity contribution in [2.24, 2.45) is 0 Å². The van der Waals surface area contributed by atoms with Crippen LogP contribution in [-0.2, 0) is 9.09 Å². The molecule has 0 aliphatic carbocycles. The van der Waals surface area contributed by atoms with Gasteiger partial charge in [-0.25, -0.2) is 0 Å². The third-order valence-electron chi connectivity index (χ3n) is 5.05. The fourth-order valence-corrected chi connectivity index (χ4v) is 4.08. The van der Waals surface area contributed by atoms with Crippen molar-refractivity contribution in [1.82, 2.24) is 0 Å². The van der Waals surface area contributed by atoms with Crippen molar-refractivity contribution in [3.8, 4) is 0 Å². The molecule has 0 saturated heterocycles. The van der Waals surface area contributed by atoms with Gasteiger partial charge in [0.05, 0.1) is 6.16 Å². The molecule has 0 radical (unpaired) electrons. The smallest absolute Gasteiger partial charge is 0.309 e. The van der Waals surface area contributed by atoms with Crippen LogP contribution in [0.15, 0.2) is 0 Å². The fourth-order valence-electron chi connectivity index (χ4n) is 3.29. The molecule has 152 valence electrons. The van der Waals surface area contributed by atoms with E-state index in [1.54, 1.807) is 0 Å². The lowest BCUT2D eigenvalue weighted by Gasteiger charge is -2.06. The molecule has 25 heavy (non-hydrogen) atoms. The number of rotatable bonds is 20. The predicted molar refractivity (Wildman–Crippen MR) is 109 cm³/mol. The van der Waals surface area contributed by atoms with E-state index in [1.807, 2.05) is 0 Å². The highest BCUT2D eigenvalue weighted by Crippen LogP contribution is 2.48. The van der Waals surface area contributed by atoms with Gasteiger partial charge in [-0.15, -0.1) is 0 Å². The summed E-state index contributed by atoms with van der Waals surface area (Å²) in [4.78, 5) is 0. The van der Waals surface area contributed by atoms with Gasteiger partial charge >= 0.3 is 7.68 Å². The van der Waals surface area contributed by atoms with Gasteiger partial charge in [0, 0.05) is 7.11 Å². The van der Waals surface area contributed by atoms with Crippen LogP contribution in [0, 0.1) is 0 Å². The summed E-state index contributed by atoms with van der Waals surface area (Å²) in [6.45, 7) is 2.27. The third kappa shape index (κ3) is 20.3. The van der Waals surface area contributed by atoms with Crippen molar-refractivity contribution in [1.29, 1.82) is 0 Å². The summed E-state index contributed by atoms with van der Waals surface area (Å²) in [7, 11) is -2.57. The van der Waals surface area contributed by atoms with Crippen molar-refractivity contribution in [3.63, 3.8) is 0 Å². The van der Waals surface area contributed by atoms with E-state index < -0.39 is 7.68 Å². The summed E-state index contributed by atoms with van der Waals surface area (Å²) >= 11 is 0. The second-order valence-electron chi connectivity index (χ2n) is 7.51. The van der Waals surface area contributed by atoms with Gasteiger partial charge in [-0.2, -0.15) is 4.20 Å². The van der Waals surface area contributed by atoms with Gasteiger partial charge in [-0.05, 0) is 6.42 Å². The van der Waals surface area contributed by atoms with Gasteiger partial charge in [-0.3, -0.25) is 4.57 Å². The van der Waals surface area contributed by atoms with Gasteiger partial charge in [0.25, 0.3) is 0 Å². The molecular weight excluding hydrogens is 334 g/mol. The molecule has 0 aromatic rings. The maximum absolute atomic E-state index is 13.1. The molecule has 0 bridgehead atoms. The van der Waals surface area contributed by atoms with Crippen LogP contribution >= 0.6 is 7.68 Å². The van der Waals surface area contributed by atoms with Crippen LogP contribution in [0.25, 0.3) is 0 Å². The third-order valence-corrected chi connectivity index (χ3v) is 6.45. The minimum absolute atomic E-state index is 0.0856. The van der Waals surface area contributed by atoms with E-state index in [2.05, 4.69) is 11.4 Å². The van der Waals surface area contributed by atoms with Crippen LogP contribution in [0.2, 0.25) is 0 Å². The Morgan fingerprint density at radius 3 is 1.16 bits per heavy atom. The summed E-state index contributed by atoms with van der Waals surface area (Å²) in [6, 6.07) is 0. The van der Waals surface area contributed by atoms with E-state index in [1.165, 1.54) is 103 Å². The molecule has 0 fully saturated rings. The number of hydrogen-bond donors (Lipinski definition) is 0. The predicted octanol–water partition coefficient (Wildman–Crippen LogP) is 8.84. The summed E-state index contributed by atoms with van der Waals surface area (Å²) in [5, 5.41) is 0. The molecular formula is C21H44FO2P. The first-order valence-corrected chi connectivity index (χ1v) is 12.7. The molecule has 0 saturated carbocycles. The topological polar surface area (TPSA) is 26.3 Å². The first-order chi connectivity index (χ1) is 12.1. The minimum Gasteiger partial charge on any atom is -0.309 e. The lowest BCUT2D eigenvalue weighted by Crippen LogP contribution is -1.88. The molecule has 0 aromatic heterocycles. The van der Waals surface area contributed by atoms with Crippen LogP contribution in [-0.4, -0.2) is 13.3 Å². The van der Waals surface area contributed by atoms with Crippen molar-refractivity contribution in [2.45, 2.75) is 122 Å². The Morgan fingerprint density at radius 1 is 0.600 bits per heavy atom. The molecule has 0 aliphatic rings.